The van der Waals surface area contributed by atoms with E-state index in [1.54, 1.807) is 24.3 Å². The van der Waals surface area contributed by atoms with Gasteiger partial charge in [-0.05, 0) is 17.7 Å². The van der Waals surface area contributed by atoms with Gasteiger partial charge in [0.1, 0.15) is 31.0 Å². The van der Waals surface area contributed by atoms with Crippen LogP contribution in [0.5, 0.6) is 0 Å². The van der Waals surface area contributed by atoms with Crippen LogP contribution in [0.2, 0.25) is 0 Å². The van der Waals surface area contributed by atoms with E-state index in [1.165, 1.54) is 18.2 Å². The summed E-state index contributed by atoms with van der Waals surface area (Å²) in [6, 6.07) is 8.97. The molecule has 0 bridgehead atoms. The molecule has 0 aliphatic carbocycles. The smallest absolute Gasteiger partial charge is 0.335 e. The molecule has 1 aromatic rings. The van der Waals surface area contributed by atoms with Gasteiger partial charge in [-0.3, -0.25) is 4.79 Å². The summed E-state index contributed by atoms with van der Waals surface area (Å²) in [4.78, 5) is 36.2. The second-order valence-corrected chi connectivity index (χ2v) is 8.59. The quantitative estimate of drug-likeness (QED) is 0.142. The number of rotatable bonds is 10. The molecule has 3 rings (SSSR count). The number of methoxy groups -OCH3 is 1. The van der Waals surface area contributed by atoms with Crippen molar-refractivity contribution in [3.63, 3.8) is 0 Å². The fraction of sp³-hybridized carbons (Fsp3) is 0.423. The number of benzene rings is 1. The van der Waals surface area contributed by atoms with Crippen molar-refractivity contribution in [2.45, 2.75) is 43.4 Å². The lowest BCUT2D eigenvalue weighted by atomic mass is 9.86. The minimum Gasteiger partial charge on any atom is -0.478 e. The first-order valence-electron chi connectivity index (χ1n) is 11.9. The molecule has 0 unspecified atom stereocenters. The number of aliphatic hydroxyl groups excluding tert-OH is 4. The Kier molecular flexibility index (Phi) is 10.7. The number of carbonyl (C=O) groups is 3. The molecule has 0 radical (unpaired) electrons. The third kappa shape index (κ3) is 7.72. The van der Waals surface area contributed by atoms with Crippen LogP contribution in [0.25, 0.3) is 6.08 Å². The van der Waals surface area contributed by atoms with Gasteiger partial charge in [-0.25, -0.2) is 9.59 Å². The second kappa shape index (κ2) is 14.0. The largest absolute Gasteiger partial charge is 0.478 e. The lowest BCUT2D eigenvalue weighted by molar-refractivity contribution is -0.327. The maximum absolute atomic E-state index is 12.2. The normalized spacial score (nSPS) is 29.9. The zero-order chi connectivity index (χ0) is 28.5. The first-order chi connectivity index (χ1) is 18.7. The average molecular weight is 551 g/mol. The van der Waals surface area contributed by atoms with Gasteiger partial charge >= 0.3 is 17.9 Å². The van der Waals surface area contributed by atoms with Crippen LogP contribution in [-0.2, 0) is 38.1 Å². The van der Waals surface area contributed by atoms with Crippen LogP contribution < -0.4 is 0 Å². The van der Waals surface area contributed by atoms with Crippen LogP contribution >= 0.6 is 0 Å². The van der Waals surface area contributed by atoms with Gasteiger partial charge in [0.25, 0.3) is 0 Å². The van der Waals surface area contributed by atoms with Gasteiger partial charge in [-0.1, -0.05) is 30.3 Å². The Bertz CT molecular complexity index is 1090. The van der Waals surface area contributed by atoms with Crippen molar-refractivity contribution in [1.29, 1.82) is 0 Å². The van der Waals surface area contributed by atoms with Crippen LogP contribution in [0, 0.1) is 5.92 Å². The Balaban J connectivity index is 1.84. The van der Waals surface area contributed by atoms with Gasteiger partial charge in [-0.15, -0.1) is 0 Å². The maximum atomic E-state index is 12.2. The van der Waals surface area contributed by atoms with Gasteiger partial charge in [0.15, 0.2) is 6.29 Å². The summed E-state index contributed by atoms with van der Waals surface area (Å²) < 4.78 is 26.3. The zero-order valence-electron chi connectivity index (χ0n) is 20.9. The van der Waals surface area contributed by atoms with E-state index < -0.39 is 73.8 Å². The molecule has 39 heavy (non-hydrogen) atoms. The van der Waals surface area contributed by atoms with Crippen molar-refractivity contribution in [2.75, 3.05) is 20.3 Å². The van der Waals surface area contributed by atoms with Gasteiger partial charge in [0.05, 0.1) is 32.0 Å². The topological polar surface area (TPSA) is 199 Å². The molecule has 2 heterocycles. The van der Waals surface area contributed by atoms with E-state index in [0.29, 0.717) is 0 Å². The molecule has 1 aromatic carbocycles. The van der Waals surface area contributed by atoms with E-state index in [9.17, 15) is 39.9 Å². The third-order valence-corrected chi connectivity index (χ3v) is 6.08. The Morgan fingerprint density at radius 1 is 1.05 bits per heavy atom. The first kappa shape index (κ1) is 30.0. The standard InChI is InChI=1S/C26H30O13/c1-35-20(29)11-16-15(9-10-36-19(28)8-7-14-5-3-2-4-6-14)25(37-13-17(16)24(33)34)39-26-23(32)22(31)21(30)18(12-27)38-26/h2-9,13,16,18,21-23,25-27,30-32H,10-12H2,1H3,(H,33,34)/b8-7+,15-9+/t16-,18+,21+,22-,23+,25-,26-/m0/s1. The molecular formula is C26H30O13. The molecule has 13 nitrogen and oxygen atoms in total. The van der Waals surface area contributed by atoms with E-state index in [4.69, 9.17) is 18.9 Å². The van der Waals surface area contributed by atoms with E-state index in [1.807, 2.05) is 6.07 Å². The summed E-state index contributed by atoms with van der Waals surface area (Å²) in [5.41, 5.74) is 0.462. The number of ether oxygens (including phenoxy) is 5. The number of carbonyl (C=O) groups excluding carboxylic acids is 2. The molecule has 2 aliphatic heterocycles. The van der Waals surface area contributed by atoms with Crippen LogP contribution in [0.1, 0.15) is 12.0 Å². The fourth-order valence-electron chi connectivity index (χ4n) is 3.96. The summed E-state index contributed by atoms with van der Waals surface area (Å²) in [7, 11) is 1.12. The molecule has 0 amide bonds. The maximum Gasteiger partial charge on any atom is 0.335 e. The number of carboxylic acids is 1. The van der Waals surface area contributed by atoms with Crippen molar-refractivity contribution >= 4 is 24.0 Å². The molecule has 0 spiro atoms. The monoisotopic (exact) mass is 550 g/mol. The highest BCUT2D eigenvalue weighted by Crippen LogP contribution is 2.35. The third-order valence-electron chi connectivity index (χ3n) is 6.08. The number of aliphatic carboxylic acids is 1. The van der Waals surface area contributed by atoms with Crippen LogP contribution in [0.15, 0.2) is 59.9 Å². The number of aliphatic hydroxyl groups is 4. The molecule has 212 valence electrons. The van der Waals surface area contributed by atoms with Crippen LogP contribution in [0.4, 0.5) is 0 Å². The SMILES string of the molecule is COC(=O)C[C@@H]1C(C(=O)O)=CO[C@@H](O[C@@H]2O[C@H](CO)[C@@H](O)[C@H](O)[C@H]2O)/C1=C/COC(=O)/C=C/c1ccccc1. The van der Waals surface area contributed by atoms with E-state index >= 15 is 0 Å². The first-order valence-corrected chi connectivity index (χ1v) is 11.9. The Hall–Kier alpha value is -3.59. The van der Waals surface area contributed by atoms with Crippen molar-refractivity contribution in [2.24, 2.45) is 5.92 Å². The summed E-state index contributed by atoms with van der Waals surface area (Å²) in [5.74, 6) is -4.02. The molecule has 13 heteroatoms. The molecule has 1 fully saturated rings. The van der Waals surface area contributed by atoms with Crippen LogP contribution in [-0.4, -0.2) is 101 Å². The highest BCUT2D eigenvalue weighted by molar-refractivity contribution is 5.89. The molecular weight excluding hydrogens is 520 g/mol. The number of carboxylic acid groups (broad SMARTS) is 1. The highest BCUT2D eigenvalue weighted by atomic mass is 16.8. The number of hydrogen-bond donors (Lipinski definition) is 5. The Morgan fingerprint density at radius 3 is 2.41 bits per heavy atom. The summed E-state index contributed by atoms with van der Waals surface area (Å²) in [5, 5.41) is 49.5. The molecule has 7 atom stereocenters. The predicted octanol–water partition coefficient (Wildman–Crippen LogP) is -0.510. The summed E-state index contributed by atoms with van der Waals surface area (Å²) >= 11 is 0. The van der Waals surface area contributed by atoms with Crippen LogP contribution in [0.3, 0.4) is 0 Å². The van der Waals surface area contributed by atoms with Crippen molar-refractivity contribution in [3.05, 3.63) is 65.5 Å². The van der Waals surface area contributed by atoms with Crippen molar-refractivity contribution in [3.8, 4) is 0 Å². The zero-order valence-corrected chi connectivity index (χ0v) is 20.9. The Morgan fingerprint density at radius 2 is 1.77 bits per heavy atom. The van der Waals surface area contributed by atoms with Gasteiger partial charge in [-0.2, -0.15) is 0 Å². The van der Waals surface area contributed by atoms with Crippen molar-refractivity contribution < 1.29 is 63.6 Å². The van der Waals surface area contributed by atoms with Gasteiger partial charge < -0.3 is 49.2 Å². The van der Waals surface area contributed by atoms with E-state index in [-0.39, 0.29) is 17.8 Å². The summed E-state index contributed by atoms with van der Waals surface area (Å²) in [6.45, 7) is -1.09. The van der Waals surface area contributed by atoms with E-state index in [2.05, 4.69) is 4.74 Å². The molecule has 0 aromatic heterocycles. The molecule has 5 N–H and O–H groups in total. The molecule has 0 saturated carbocycles. The summed E-state index contributed by atoms with van der Waals surface area (Å²) in [6.07, 6.45) is -5.13. The number of esters is 2. The average Bonchev–Trinajstić information content (AvgIpc) is 2.93. The lowest BCUT2D eigenvalue weighted by Crippen LogP contribution is -2.60. The minimum atomic E-state index is -1.78. The van der Waals surface area contributed by atoms with E-state index in [0.717, 1.165) is 18.9 Å². The van der Waals surface area contributed by atoms with Crippen molar-refractivity contribution in [1.82, 2.24) is 0 Å². The lowest BCUT2D eigenvalue weighted by Gasteiger charge is -2.41. The number of hydrogen-bond acceptors (Lipinski definition) is 12. The Labute approximate surface area is 223 Å². The highest BCUT2D eigenvalue weighted by Gasteiger charge is 2.46. The predicted molar refractivity (Wildman–Crippen MR) is 130 cm³/mol. The molecule has 1 saturated heterocycles. The van der Waals surface area contributed by atoms with Gasteiger partial charge in [0, 0.05) is 17.6 Å². The van der Waals surface area contributed by atoms with Gasteiger partial charge in [0.2, 0.25) is 6.29 Å². The second-order valence-electron chi connectivity index (χ2n) is 8.59. The fourth-order valence-corrected chi connectivity index (χ4v) is 3.96. The minimum absolute atomic E-state index is 0.0251. The molecule has 2 aliphatic rings.